The number of aryl methyl sites for hydroxylation is 1. The van der Waals surface area contributed by atoms with Crippen molar-refractivity contribution in [1.82, 2.24) is 4.90 Å². The number of carbonyl (C=O) groups excluding carboxylic acids is 1. The van der Waals surface area contributed by atoms with Crippen LogP contribution in [0.15, 0.2) is 24.3 Å². The molecule has 98 valence electrons. The summed E-state index contributed by atoms with van der Waals surface area (Å²) in [7, 11) is 0. The zero-order chi connectivity index (χ0) is 13.0. The number of nitrogens with zero attached hydrogens (tertiary/aromatic N) is 1. The van der Waals surface area contributed by atoms with Gasteiger partial charge < -0.3 is 10.2 Å². The molecule has 0 saturated carbocycles. The Hall–Kier alpha value is -1.35. The first-order valence-electron chi connectivity index (χ1n) is 6.76. The van der Waals surface area contributed by atoms with E-state index in [2.05, 4.69) is 17.1 Å². The van der Waals surface area contributed by atoms with Crippen LogP contribution in [0.2, 0.25) is 0 Å². The number of nitrogens with one attached hydrogen (secondary N) is 1. The maximum absolute atomic E-state index is 11.9. The predicted octanol–water partition coefficient (Wildman–Crippen LogP) is 2.81. The normalized spacial score (nSPS) is 17.7. The van der Waals surface area contributed by atoms with Crippen LogP contribution in [0.1, 0.15) is 31.7 Å². The van der Waals surface area contributed by atoms with Gasteiger partial charge in [0.15, 0.2) is 0 Å². The molecule has 3 nitrogen and oxygen atoms in total. The average molecular weight is 246 g/mol. The van der Waals surface area contributed by atoms with Crippen LogP contribution in [0, 0.1) is 6.92 Å². The van der Waals surface area contributed by atoms with Gasteiger partial charge >= 0.3 is 0 Å². The number of amides is 1. The van der Waals surface area contributed by atoms with Gasteiger partial charge in [0.1, 0.15) is 0 Å². The second-order valence-corrected chi connectivity index (χ2v) is 5.21. The molecule has 0 unspecified atom stereocenters. The summed E-state index contributed by atoms with van der Waals surface area (Å²) in [4.78, 5) is 14.3. The molecule has 1 atom stereocenters. The number of rotatable bonds is 4. The molecule has 0 aliphatic carbocycles. The molecule has 0 aromatic heterocycles. The van der Waals surface area contributed by atoms with Crippen molar-refractivity contribution in [3.8, 4) is 0 Å². The van der Waals surface area contributed by atoms with E-state index >= 15 is 0 Å². The highest BCUT2D eigenvalue weighted by Crippen LogP contribution is 2.15. The molecule has 3 heteroatoms. The fraction of sp³-hybridized carbons (Fsp3) is 0.533. The van der Waals surface area contributed by atoms with Crippen molar-refractivity contribution < 1.29 is 4.79 Å². The minimum absolute atomic E-state index is 0.109. The lowest BCUT2D eigenvalue weighted by Gasteiger charge is -2.23. The Morgan fingerprint density at radius 2 is 1.89 bits per heavy atom. The fourth-order valence-corrected chi connectivity index (χ4v) is 2.43. The van der Waals surface area contributed by atoms with E-state index in [1.165, 1.54) is 18.4 Å². The summed E-state index contributed by atoms with van der Waals surface area (Å²) in [6, 6.07) is 8.28. The van der Waals surface area contributed by atoms with Gasteiger partial charge in [-0.15, -0.1) is 0 Å². The first kappa shape index (κ1) is 13.1. The number of carbonyl (C=O) groups is 1. The van der Waals surface area contributed by atoms with Crippen molar-refractivity contribution in [2.75, 3.05) is 18.4 Å². The van der Waals surface area contributed by atoms with Crippen molar-refractivity contribution in [2.45, 2.75) is 39.2 Å². The van der Waals surface area contributed by atoms with Gasteiger partial charge in [-0.3, -0.25) is 4.79 Å². The van der Waals surface area contributed by atoms with Crippen molar-refractivity contribution in [3.05, 3.63) is 29.8 Å². The molecular formula is C15H22N2O. The van der Waals surface area contributed by atoms with Crippen molar-refractivity contribution in [3.63, 3.8) is 0 Å². The highest BCUT2D eigenvalue weighted by atomic mass is 16.1. The summed E-state index contributed by atoms with van der Waals surface area (Å²) in [6.07, 6.45) is 3.11. The topological polar surface area (TPSA) is 32.3 Å². The summed E-state index contributed by atoms with van der Waals surface area (Å²) in [5.41, 5.74) is 2.10. The van der Waals surface area contributed by atoms with Gasteiger partial charge in [0.05, 0.1) is 0 Å². The molecule has 2 rings (SSSR count). The SMILES string of the molecule is Cc1ccc(NC(=O)C[C@H](C)N2CCCC2)cc1. The maximum Gasteiger partial charge on any atom is 0.225 e. The van der Waals surface area contributed by atoms with Crippen LogP contribution in [0.25, 0.3) is 0 Å². The van der Waals surface area contributed by atoms with Crippen LogP contribution in [0.3, 0.4) is 0 Å². The second kappa shape index (κ2) is 6.01. The Balaban J connectivity index is 1.82. The molecule has 1 amide bonds. The molecule has 1 aromatic carbocycles. The van der Waals surface area contributed by atoms with E-state index in [1.807, 2.05) is 31.2 Å². The highest BCUT2D eigenvalue weighted by Gasteiger charge is 2.20. The Bertz CT molecular complexity index is 393. The first-order valence-corrected chi connectivity index (χ1v) is 6.76. The smallest absolute Gasteiger partial charge is 0.225 e. The zero-order valence-corrected chi connectivity index (χ0v) is 11.3. The molecule has 1 fully saturated rings. The van der Waals surface area contributed by atoms with E-state index in [1.54, 1.807) is 0 Å². The molecule has 0 radical (unpaired) electrons. The molecule has 1 aliphatic heterocycles. The fourth-order valence-electron chi connectivity index (χ4n) is 2.43. The van der Waals surface area contributed by atoms with Crippen molar-refractivity contribution in [1.29, 1.82) is 0 Å². The van der Waals surface area contributed by atoms with Crippen LogP contribution in [-0.4, -0.2) is 29.9 Å². The van der Waals surface area contributed by atoms with Gasteiger partial charge in [0, 0.05) is 18.2 Å². The Labute approximate surface area is 109 Å². The van der Waals surface area contributed by atoms with Crippen LogP contribution >= 0.6 is 0 Å². The minimum atomic E-state index is 0.109. The Kier molecular flexibility index (Phi) is 4.37. The summed E-state index contributed by atoms with van der Waals surface area (Å²) in [6.45, 7) is 6.46. The number of likely N-dealkylation sites (tertiary alicyclic amines) is 1. The quantitative estimate of drug-likeness (QED) is 0.886. The van der Waals surface area contributed by atoms with Crippen LogP contribution in [0.5, 0.6) is 0 Å². The molecule has 1 N–H and O–H groups in total. The Morgan fingerprint density at radius 3 is 2.50 bits per heavy atom. The molecule has 1 heterocycles. The van der Waals surface area contributed by atoms with Gasteiger partial charge in [-0.25, -0.2) is 0 Å². The lowest BCUT2D eigenvalue weighted by Crippen LogP contribution is -2.33. The van der Waals surface area contributed by atoms with Crippen LogP contribution in [0.4, 0.5) is 5.69 Å². The van der Waals surface area contributed by atoms with Crippen molar-refractivity contribution in [2.24, 2.45) is 0 Å². The second-order valence-electron chi connectivity index (χ2n) is 5.21. The summed E-state index contributed by atoms with van der Waals surface area (Å²) >= 11 is 0. The first-order chi connectivity index (χ1) is 8.65. The number of anilines is 1. The highest BCUT2D eigenvalue weighted by molar-refractivity contribution is 5.91. The third-order valence-electron chi connectivity index (χ3n) is 3.58. The molecule has 0 bridgehead atoms. The molecular weight excluding hydrogens is 224 g/mol. The third kappa shape index (κ3) is 3.57. The molecule has 1 saturated heterocycles. The molecule has 1 aromatic rings. The summed E-state index contributed by atoms with van der Waals surface area (Å²) < 4.78 is 0. The van der Waals surface area contributed by atoms with Gasteiger partial charge in [-0.1, -0.05) is 17.7 Å². The van der Waals surface area contributed by atoms with Crippen LogP contribution < -0.4 is 5.32 Å². The Morgan fingerprint density at radius 1 is 1.28 bits per heavy atom. The van der Waals surface area contributed by atoms with Crippen molar-refractivity contribution >= 4 is 11.6 Å². The monoisotopic (exact) mass is 246 g/mol. The van der Waals surface area contributed by atoms with E-state index < -0.39 is 0 Å². The van der Waals surface area contributed by atoms with Gasteiger partial charge in [-0.05, 0) is 51.9 Å². The minimum Gasteiger partial charge on any atom is -0.326 e. The largest absolute Gasteiger partial charge is 0.326 e. The summed E-state index contributed by atoms with van der Waals surface area (Å²) in [5, 5.41) is 2.96. The molecule has 18 heavy (non-hydrogen) atoms. The predicted molar refractivity (Wildman–Crippen MR) is 74.7 cm³/mol. The number of benzene rings is 1. The number of hydrogen-bond donors (Lipinski definition) is 1. The standard InChI is InChI=1S/C15H22N2O/c1-12-5-7-14(8-6-12)16-15(18)11-13(2)17-9-3-4-10-17/h5-8,13H,3-4,9-11H2,1-2H3,(H,16,18)/t13-/m0/s1. The lowest BCUT2D eigenvalue weighted by molar-refractivity contribution is -0.117. The maximum atomic E-state index is 11.9. The van der Waals surface area contributed by atoms with E-state index in [9.17, 15) is 4.79 Å². The van der Waals surface area contributed by atoms with E-state index in [-0.39, 0.29) is 5.91 Å². The zero-order valence-electron chi connectivity index (χ0n) is 11.3. The van der Waals surface area contributed by atoms with E-state index in [0.717, 1.165) is 18.8 Å². The molecule has 0 spiro atoms. The lowest BCUT2D eigenvalue weighted by atomic mass is 10.2. The van der Waals surface area contributed by atoms with E-state index in [4.69, 9.17) is 0 Å². The number of hydrogen-bond acceptors (Lipinski definition) is 2. The van der Waals surface area contributed by atoms with Crippen LogP contribution in [-0.2, 0) is 4.79 Å². The summed E-state index contributed by atoms with van der Waals surface area (Å²) in [5.74, 6) is 0.109. The van der Waals surface area contributed by atoms with E-state index in [0.29, 0.717) is 12.5 Å². The van der Waals surface area contributed by atoms with Gasteiger partial charge in [-0.2, -0.15) is 0 Å². The van der Waals surface area contributed by atoms with Gasteiger partial charge in [0.2, 0.25) is 5.91 Å². The van der Waals surface area contributed by atoms with Gasteiger partial charge in [0.25, 0.3) is 0 Å². The third-order valence-corrected chi connectivity index (χ3v) is 3.58. The molecule has 1 aliphatic rings. The average Bonchev–Trinajstić information content (AvgIpc) is 2.85.